The quantitative estimate of drug-likeness (QED) is 0.460. The first-order valence-corrected chi connectivity index (χ1v) is 14.5. The van der Waals surface area contributed by atoms with Gasteiger partial charge in [0.05, 0.1) is 17.2 Å². The third-order valence-electron chi connectivity index (χ3n) is 8.92. The summed E-state index contributed by atoms with van der Waals surface area (Å²) in [6.07, 6.45) is 2.87. The molecule has 3 heterocycles. The van der Waals surface area contributed by atoms with Gasteiger partial charge in [0.25, 0.3) is 0 Å². The van der Waals surface area contributed by atoms with E-state index in [1.807, 2.05) is 78.8 Å². The highest BCUT2D eigenvalue weighted by Gasteiger charge is 2.68. The third-order valence-corrected chi connectivity index (χ3v) is 8.92. The Kier molecular flexibility index (Phi) is 8.36. The van der Waals surface area contributed by atoms with Crippen LogP contribution in [0.5, 0.6) is 0 Å². The van der Waals surface area contributed by atoms with Gasteiger partial charge in [-0.05, 0) is 79.6 Å². The average Bonchev–Trinajstić information content (AvgIpc) is 3.43. The van der Waals surface area contributed by atoms with Crippen LogP contribution in [0, 0.1) is 5.92 Å². The van der Waals surface area contributed by atoms with Gasteiger partial charge in [-0.15, -0.1) is 0 Å². The number of benzene rings is 1. The normalized spacial score (nSPS) is 28.4. The third kappa shape index (κ3) is 5.89. The van der Waals surface area contributed by atoms with Gasteiger partial charge >= 0.3 is 13.2 Å². The first-order chi connectivity index (χ1) is 18.6. The number of carbonyl (C=O) groups excluding carboxylic acids is 3. The van der Waals surface area contributed by atoms with Crippen LogP contribution in [0.25, 0.3) is 0 Å². The highest BCUT2D eigenvalue weighted by molar-refractivity contribution is 6.45. The van der Waals surface area contributed by atoms with E-state index in [1.54, 1.807) is 4.90 Å². The fourth-order valence-corrected chi connectivity index (χ4v) is 6.58. The lowest BCUT2D eigenvalue weighted by Gasteiger charge is -2.43. The first-order valence-electron chi connectivity index (χ1n) is 14.5. The number of rotatable bonds is 8. The van der Waals surface area contributed by atoms with Crippen LogP contribution in [0.4, 0.5) is 4.79 Å². The number of nitrogens with zero attached hydrogens (tertiary/aromatic N) is 1. The highest BCUT2D eigenvalue weighted by atomic mass is 16.7. The lowest BCUT2D eigenvalue weighted by molar-refractivity contribution is -0.137. The molecule has 40 heavy (non-hydrogen) atoms. The number of hydrogen-bond acceptors (Lipinski definition) is 6. The molecule has 4 rings (SSSR count). The van der Waals surface area contributed by atoms with Gasteiger partial charge in [0.15, 0.2) is 0 Å². The van der Waals surface area contributed by atoms with E-state index in [0.717, 1.165) is 12.0 Å². The molecular formula is C30H46BN3O6. The Labute approximate surface area is 239 Å². The summed E-state index contributed by atoms with van der Waals surface area (Å²) < 4.78 is 18.2. The van der Waals surface area contributed by atoms with Crippen molar-refractivity contribution in [2.24, 2.45) is 5.92 Å². The molecule has 4 atom stereocenters. The molecule has 3 fully saturated rings. The molecule has 3 saturated heterocycles. The standard InChI is InChI=1S/C30H46BN3O6/c1-20(35)32-30(25(36)33-27(2,3)4)22(15-12-18-31-39-28(5,6)29(7,8)40-31)23-16-17-24(30)34(23)26(37)38-19-21-13-10-9-11-14-21/h9-11,13-14,22-24H,12,15-19H2,1-8H3,(H,32,35)(H,33,36)/t22-,23+,24?,30-/m0/s1. The monoisotopic (exact) mass is 555 g/mol. The van der Waals surface area contributed by atoms with E-state index in [9.17, 15) is 14.4 Å². The molecule has 0 spiro atoms. The fraction of sp³-hybridized carbons (Fsp3) is 0.700. The van der Waals surface area contributed by atoms with Crippen molar-refractivity contribution in [1.82, 2.24) is 15.5 Å². The van der Waals surface area contributed by atoms with Crippen LogP contribution < -0.4 is 10.6 Å². The van der Waals surface area contributed by atoms with E-state index in [1.165, 1.54) is 6.92 Å². The van der Waals surface area contributed by atoms with E-state index < -0.39 is 34.4 Å². The Morgan fingerprint density at radius 2 is 1.68 bits per heavy atom. The molecule has 9 nitrogen and oxygen atoms in total. The highest BCUT2D eigenvalue weighted by Crippen LogP contribution is 2.51. The van der Waals surface area contributed by atoms with Crippen LogP contribution in [0.2, 0.25) is 6.32 Å². The SMILES string of the molecule is CC(=O)N[C@]1(C(=O)NC(C)(C)C)C2CC[C@H]([C@@H]1CCCB1OC(C)(C)C(C)(C)O1)N2C(=O)OCc1ccccc1. The molecule has 10 heteroatoms. The van der Waals surface area contributed by atoms with Crippen LogP contribution in [-0.2, 0) is 30.2 Å². The maximum Gasteiger partial charge on any atom is 0.457 e. The molecule has 3 aliphatic rings. The maximum absolute atomic E-state index is 14.1. The van der Waals surface area contributed by atoms with Gasteiger partial charge in [-0.1, -0.05) is 36.8 Å². The number of fused-ring (bicyclic) bond motifs is 2. The summed E-state index contributed by atoms with van der Waals surface area (Å²) >= 11 is 0. The molecule has 1 aromatic carbocycles. The number of amides is 3. The number of hydrogen-bond donors (Lipinski definition) is 2. The molecule has 2 bridgehead atoms. The number of nitrogens with one attached hydrogen (secondary N) is 2. The molecule has 0 aromatic heterocycles. The van der Waals surface area contributed by atoms with Crippen molar-refractivity contribution in [2.75, 3.05) is 0 Å². The number of carbonyl (C=O) groups is 3. The Balaban J connectivity index is 1.59. The fourth-order valence-electron chi connectivity index (χ4n) is 6.58. The molecule has 3 amide bonds. The second-order valence-corrected chi connectivity index (χ2v) is 13.6. The van der Waals surface area contributed by atoms with Crippen molar-refractivity contribution >= 4 is 25.0 Å². The summed E-state index contributed by atoms with van der Waals surface area (Å²) in [5.41, 5.74) is -1.73. The molecule has 0 aliphatic carbocycles. The molecule has 2 N–H and O–H groups in total. The molecule has 1 aromatic rings. The summed E-state index contributed by atoms with van der Waals surface area (Å²) in [6.45, 7) is 15.4. The van der Waals surface area contributed by atoms with Crippen molar-refractivity contribution in [2.45, 2.75) is 128 Å². The van der Waals surface area contributed by atoms with Crippen LogP contribution in [0.1, 0.15) is 86.6 Å². The first kappa shape index (κ1) is 30.4. The van der Waals surface area contributed by atoms with Crippen LogP contribution >= 0.6 is 0 Å². The molecule has 3 aliphatic heterocycles. The largest absolute Gasteiger partial charge is 0.457 e. The Hall–Kier alpha value is -2.59. The second kappa shape index (κ2) is 11.0. The minimum Gasteiger partial charge on any atom is -0.445 e. The Morgan fingerprint density at radius 3 is 2.25 bits per heavy atom. The second-order valence-electron chi connectivity index (χ2n) is 13.6. The van der Waals surface area contributed by atoms with Gasteiger partial charge < -0.3 is 24.7 Å². The maximum atomic E-state index is 14.1. The lowest BCUT2D eigenvalue weighted by atomic mass is 9.68. The van der Waals surface area contributed by atoms with Crippen molar-refractivity contribution in [3.63, 3.8) is 0 Å². The van der Waals surface area contributed by atoms with Gasteiger partial charge in [0.2, 0.25) is 11.8 Å². The van der Waals surface area contributed by atoms with Crippen LogP contribution in [0.15, 0.2) is 30.3 Å². The minimum absolute atomic E-state index is 0.142. The van der Waals surface area contributed by atoms with E-state index >= 15 is 0 Å². The molecular weight excluding hydrogens is 509 g/mol. The van der Waals surface area contributed by atoms with Gasteiger partial charge in [0, 0.05) is 24.4 Å². The van der Waals surface area contributed by atoms with Gasteiger partial charge in [-0.2, -0.15) is 0 Å². The van der Waals surface area contributed by atoms with E-state index in [-0.39, 0.29) is 37.5 Å². The topological polar surface area (TPSA) is 106 Å². The zero-order valence-corrected chi connectivity index (χ0v) is 25.3. The average molecular weight is 556 g/mol. The summed E-state index contributed by atoms with van der Waals surface area (Å²) in [7, 11) is -0.353. The Bertz CT molecular complexity index is 1090. The van der Waals surface area contributed by atoms with Crippen LogP contribution in [0.3, 0.4) is 0 Å². The van der Waals surface area contributed by atoms with Gasteiger partial charge in [-0.3, -0.25) is 14.5 Å². The van der Waals surface area contributed by atoms with Crippen LogP contribution in [-0.4, -0.2) is 64.3 Å². The summed E-state index contributed by atoms with van der Waals surface area (Å²) in [6, 6.07) is 8.79. The lowest BCUT2D eigenvalue weighted by Crippen LogP contribution is -2.70. The Morgan fingerprint density at radius 1 is 1.05 bits per heavy atom. The zero-order valence-electron chi connectivity index (χ0n) is 25.3. The van der Waals surface area contributed by atoms with Crippen molar-refractivity contribution < 1.29 is 28.4 Å². The molecule has 220 valence electrons. The minimum atomic E-state index is -1.26. The number of ether oxygens (including phenoxy) is 1. The molecule has 0 radical (unpaired) electrons. The summed E-state index contributed by atoms with van der Waals surface area (Å²) in [5.74, 6) is -0.849. The van der Waals surface area contributed by atoms with Crippen molar-refractivity contribution in [3.05, 3.63) is 35.9 Å². The van der Waals surface area contributed by atoms with Crippen molar-refractivity contribution in [3.8, 4) is 0 Å². The van der Waals surface area contributed by atoms with Gasteiger partial charge in [0.1, 0.15) is 12.1 Å². The van der Waals surface area contributed by atoms with Gasteiger partial charge in [-0.25, -0.2) is 4.79 Å². The van der Waals surface area contributed by atoms with E-state index in [2.05, 4.69) is 10.6 Å². The van der Waals surface area contributed by atoms with E-state index in [4.69, 9.17) is 14.0 Å². The molecule has 0 saturated carbocycles. The summed E-state index contributed by atoms with van der Waals surface area (Å²) in [5, 5.41) is 6.17. The predicted octanol–water partition coefficient (Wildman–Crippen LogP) is 4.45. The smallest absolute Gasteiger partial charge is 0.445 e. The predicted molar refractivity (Wildman–Crippen MR) is 153 cm³/mol. The van der Waals surface area contributed by atoms with Crippen molar-refractivity contribution in [1.29, 1.82) is 0 Å². The van der Waals surface area contributed by atoms with E-state index in [0.29, 0.717) is 25.6 Å². The zero-order chi connectivity index (χ0) is 29.5. The molecule has 1 unspecified atom stereocenters. The summed E-state index contributed by atoms with van der Waals surface area (Å²) in [4.78, 5) is 42.0.